The van der Waals surface area contributed by atoms with Crippen LogP contribution in [-0.4, -0.2) is 209 Å². The van der Waals surface area contributed by atoms with E-state index < -0.39 is 75.3 Å². The molecule has 0 spiro atoms. The Bertz CT molecular complexity index is 2950. The van der Waals surface area contributed by atoms with Crippen LogP contribution in [0.1, 0.15) is 104 Å². The zero-order chi connectivity index (χ0) is 65.5. The van der Waals surface area contributed by atoms with Gasteiger partial charge in [0.05, 0.1) is 82.0 Å². The number of hydrogen-bond acceptors (Lipinski definition) is 20. The molecule has 1 aliphatic carbocycles. The van der Waals surface area contributed by atoms with E-state index in [1.807, 2.05) is 33.8 Å². The predicted molar refractivity (Wildman–Crippen MR) is 330 cm³/mol. The van der Waals surface area contributed by atoms with Crippen molar-refractivity contribution < 1.29 is 75.1 Å². The lowest BCUT2D eigenvalue weighted by Gasteiger charge is -2.41. The van der Waals surface area contributed by atoms with E-state index in [1.165, 1.54) is 14.2 Å². The molecule has 3 heterocycles. The van der Waals surface area contributed by atoms with E-state index in [4.69, 9.17) is 38.4 Å². The van der Waals surface area contributed by atoms with Crippen LogP contribution in [-0.2, 0) is 68.7 Å². The number of carbonyl (C=O) groups excluding carboxylic acids is 5. The average molecular weight is 1280 g/mol. The second-order valence-corrected chi connectivity index (χ2v) is 25.7. The van der Waals surface area contributed by atoms with E-state index in [1.54, 1.807) is 83.4 Å². The highest BCUT2D eigenvalue weighted by Gasteiger charge is 2.52. The van der Waals surface area contributed by atoms with Crippen molar-refractivity contribution in [3.05, 3.63) is 72.1 Å². The molecular weight excluding hydrogens is 1180 g/mol. The molecule has 2 aliphatic heterocycles. The van der Waals surface area contributed by atoms with Crippen LogP contribution in [0.3, 0.4) is 0 Å². The molecular formula is C63H94N10O16S. The van der Waals surface area contributed by atoms with Crippen LogP contribution in [0.25, 0.3) is 11.5 Å². The monoisotopic (exact) mass is 1280 g/mol. The summed E-state index contributed by atoms with van der Waals surface area (Å²) in [4.78, 5) is 88.8. The molecule has 27 heteroatoms. The van der Waals surface area contributed by atoms with Crippen LogP contribution in [0.4, 0.5) is 0 Å². The Kier molecular flexibility index (Phi) is 28.6. The summed E-state index contributed by atoms with van der Waals surface area (Å²) in [7, 11) is 1.07. The Morgan fingerprint density at radius 3 is 2.16 bits per heavy atom. The number of likely N-dealkylation sites (tertiary alicyclic amines) is 2. The highest BCUT2D eigenvalue weighted by atomic mass is 32.2. The summed E-state index contributed by atoms with van der Waals surface area (Å²) >= 11 is 0. The Hall–Kier alpha value is -6.91. The molecule has 2 saturated heterocycles. The Morgan fingerprint density at radius 1 is 0.867 bits per heavy atom. The van der Waals surface area contributed by atoms with Gasteiger partial charge in [0, 0.05) is 71.3 Å². The molecule has 90 heavy (non-hydrogen) atoms. The number of ether oxygens (including phenoxy) is 6. The van der Waals surface area contributed by atoms with Crippen LogP contribution in [0.5, 0.6) is 5.75 Å². The van der Waals surface area contributed by atoms with E-state index in [-0.39, 0.29) is 72.6 Å². The minimum Gasteiger partial charge on any atom is -0.491 e. The van der Waals surface area contributed by atoms with Gasteiger partial charge in [-0.15, -0.1) is 5.10 Å². The molecule has 6 rings (SSSR count). The largest absolute Gasteiger partial charge is 0.491 e. The first-order chi connectivity index (χ1) is 43.1. The highest BCUT2D eigenvalue weighted by molar-refractivity contribution is 7.90. The van der Waals surface area contributed by atoms with Gasteiger partial charge in [0.1, 0.15) is 30.5 Å². The zero-order valence-electron chi connectivity index (χ0n) is 53.5. The number of hydrogen-bond donors (Lipinski definition) is 5. The number of aromatic nitrogens is 2. The summed E-state index contributed by atoms with van der Waals surface area (Å²) in [5.74, 6) is -3.48. The maximum absolute atomic E-state index is 14.8. The first-order valence-electron chi connectivity index (χ1n) is 31.2. The minimum absolute atomic E-state index is 0.0575. The fourth-order valence-electron chi connectivity index (χ4n) is 12.3. The van der Waals surface area contributed by atoms with Crippen LogP contribution < -0.4 is 20.7 Å². The summed E-state index contributed by atoms with van der Waals surface area (Å²) in [6, 6.07) is 11.8. The van der Waals surface area contributed by atoms with Gasteiger partial charge in [0.15, 0.2) is 0 Å². The number of carboxylic acids is 1. The smallest absolute Gasteiger partial charge is 0.335 e. The Labute approximate surface area is 528 Å². The van der Waals surface area contributed by atoms with Gasteiger partial charge in [0.2, 0.25) is 45.3 Å². The van der Waals surface area contributed by atoms with Crippen molar-refractivity contribution >= 4 is 45.3 Å². The molecule has 2 aromatic carbocycles. The summed E-state index contributed by atoms with van der Waals surface area (Å²) in [6.07, 6.45) is 6.17. The number of methoxy groups -OCH3 is 2. The highest BCUT2D eigenvalue weighted by Crippen LogP contribution is 2.43. The maximum Gasteiger partial charge on any atom is 0.335 e. The van der Waals surface area contributed by atoms with Crippen LogP contribution in [0.15, 0.2) is 81.2 Å². The molecule has 26 nitrogen and oxygen atoms in total. The molecule has 2 bridgehead atoms. The molecule has 5 amide bonds. The topological polar surface area (TPSA) is 333 Å². The number of piperidine rings is 1. The molecule has 11 atom stereocenters. The number of nitrogens with zero attached hydrogens (tertiary/aromatic N) is 6. The third-order valence-electron chi connectivity index (χ3n) is 17.2. The van der Waals surface area contributed by atoms with E-state index in [9.17, 15) is 42.3 Å². The van der Waals surface area contributed by atoms with Gasteiger partial charge in [-0.05, 0) is 92.5 Å². The first kappa shape index (κ1) is 72.2. The van der Waals surface area contributed by atoms with Crippen LogP contribution in [0, 0.1) is 29.2 Å². The molecule has 3 fully saturated rings. The van der Waals surface area contributed by atoms with Gasteiger partial charge >= 0.3 is 11.2 Å². The number of carbonyl (C=O) groups is 6. The minimum atomic E-state index is -3.60. The predicted octanol–water partition coefficient (Wildman–Crippen LogP) is 5.45. The summed E-state index contributed by atoms with van der Waals surface area (Å²) in [5, 5.41) is 29.4. The van der Waals surface area contributed by atoms with Gasteiger partial charge in [-0.1, -0.05) is 76.5 Å². The summed E-state index contributed by atoms with van der Waals surface area (Å²) in [6.45, 7) is 12.7. The number of nitrogens with one attached hydrogen (secondary N) is 4. The van der Waals surface area contributed by atoms with Crippen molar-refractivity contribution in [3.63, 3.8) is 0 Å². The number of sulfone groups is 1. The van der Waals surface area contributed by atoms with Gasteiger partial charge < -0.3 is 68.6 Å². The number of amides is 5. The molecule has 3 aromatic rings. The Balaban J connectivity index is 0.912. The number of fused-ring (bicyclic) bond motifs is 2. The van der Waals surface area contributed by atoms with E-state index in [2.05, 4.69) is 31.3 Å². The summed E-state index contributed by atoms with van der Waals surface area (Å²) in [5.41, 5.74) is 9.51. The van der Waals surface area contributed by atoms with E-state index in [0.717, 1.165) is 24.7 Å². The van der Waals surface area contributed by atoms with Crippen molar-refractivity contribution in [2.24, 2.45) is 28.8 Å². The van der Waals surface area contributed by atoms with Crippen molar-refractivity contribution in [1.29, 1.82) is 5.53 Å². The average Bonchev–Trinajstić information content (AvgIpc) is 1.62. The van der Waals surface area contributed by atoms with E-state index >= 15 is 0 Å². The quantitative estimate of drug-likeness (QED) is 0.0349. The van der Waals surface area contributed by atoms with E-state index in [0.29, 0.717) is 115 Å². The van der Waals surface area contributed by atoms with Crippen molar-refractivity contribution in [2.75, 3.05) is 86.9 Å². The number of benzene rings is 2. The molecule has 0 radical (unpaired) electrons. The number of rotatable bonds is 40. The summed E-state index contributed by atoms with van der Waals surface area (Å²) < 4.78 is 63.0. The van der Waals surface area contributed by atoms with Gasteiger partial charge in [-0.2, -0.15) is 5.11 Å². The van der Waals surface area contributed by atoms with Crippen LogP contribution >= 0.6 is 0 Å². The lowest BCUT2D eigenvalue weighted by atomic mass is 9.89. The van der Waals surface area contributed by atoms with Crippen molar-refractivity contribution in [3.8, 4) is 17.2 Å². The number of carboxylic acid groups (broad SMARTS) is 1. The lowest BCUT2D eigenvalue weighted by molar-refractivity contribution is -0.149. The second kappa shape index (κ2) is 35.6. The fourth-order valence-corrected chi connectivity index (χ4v) is 12.7. The third-order valence-corrected chi connectivity index (χ3v) is 18.0. The van der Waals surface area contributed by atoms with Crippen LogP contribution in [0.2, 0.25) is 0 Å². The fraction of sp³-hybridized carbons (Fsp3) is 0.651. The standard InChI is InChI=1S/C63H94N10O16S/c1-10-41(4)55(51(83-7)38-53(75)72-28-15-19-50(72)57(84-8)42(5)58(76)66-49(62(79)80)36-43-16-12-11-13-17-43)71(6)61(78)54(40(2)3)67-59(77)56-45-21-24-47(37-45)73(56)52(74)20-14-18-46(68-64)39-65-27-29-85-30-31-86-32-33-87-34-35-88-48-25-22-44(23-26-48)60-69-70-63(89-60)90(9,81)82/h11-13,16-17,22-23,25-26,39-42,45,47,49-51,54-57,64-65H,10,14-15,18-21,24,27-38H2,1-9H3,(H,66,76)(H,67,77)(H,79,80)/b46-39-,68-64?/t41-,42+,45-,47+,49-,50-,51+,54-,55-,56-,57+/m0/s1. The zero-order valence-corrected chi connectivity index (χ0v) is 54.3. The van der Waals surface area contributed by atoms with Gasteiger partial charge in [-0.3, -0.25) is 24.0 Å². The van der Waals surface area contributed by atoms with Crippen molar-refractivity contribution in [2.45, 2.75) is 159 Å². The molecule has 498 valence electrons. The second-order valence-electron chi connectivity index (χ2n) is 23.8. The van der Waals surface area contributed by atoms with Crippen molar-refractivity contribution in [1.82, 2.24) is 40.8 Å². The number of likely N-dealkylation sites (N-methyl/N-ethyl adjacent to an activating group) is 1. The molecule has 3 aliphatic rings. The Morgan fingerprint density at radius 2 is 1.54 bits per heavy atom. The maximum atomic E-state index is 14.8. The third kappa shape index (κ3) is 20.3. The lowest BCUT2D eigenvalue weighted by Crippen LogP contribution is -2.60. The first-order valence-corrected chi connectivity index (χ1v) is 33.1. The number of allylic oxidation sites excluding steroid dienone is 1. The molecule has 1 saturated carbocycles. The molecule has 5 N–H and O–H groups in total. The SMILES string of the molecule is CC[C@H](C)[C@@H]([C@@H](CC(=O)N1CCC[C@H]1[C@H](OC)[C@@H](C)C(=O)N[C@@H](Cc1ccccc1)C(=O)O)OC)N(C)C(=O)[C@@H](NC(=O)[C@@H]1[C@H]2CC[C@H](C2)N1C(=O)CCC/C(=C/NCCOCCOCCOCCOc1ccc(-c2nnc(S(C)(=O)=O)o2)cc1)N=N)C(C)C. The van der Waals surface area contributed by atoms with Gasteiger partial charge in [0.25, 0.3) is 0 Å². The molecule has 1 aromatic heterocycles. The van der Waals surface area contributed by atoms with Gasteiger partial charge in [-0.25, -0.2) is 18.7 Å². The normalized spacial score (nSPS) is 19.8. The molecule has 0 unspecified atom stereocenters. The number of aliphatic carboxylic acids is 1.